The van der Waals surface area contributed by atoms with E-state index in [1.54, 1.807) is 0 Å². The van der Waals surface area contributed by atoms with Crippen LogP contribution in [-0.2, 0) is 6.42 Å². The highest BCUT2D eigenvalue weighted by Gasteiger charge is 2.12. The van der Waals surface area contributed by atoms with Gasteiger partial charge in [0.25, 0.3) is 0 Å². The molecule has 0 aliphatic carbocycles. The van der Waals surface area contributed by atoms with E-state index < -0.39 is 0 Å². The van der Waals surface area contributed by atoms with Gasteiger partial charge >= 0.3 is 0 Å². The lowest BCUT2D eigenvalue weighted by Gasteiger charge is -2.17. The molecule has 2 aromatic rings. The molecule has 0 N–H and O–H groups in total. The number of hydrogen-bond acceptors (Lipinski definition) is 0. The van der Waals surface area contributed by atoms with Crippen molar-refractivity contribution in [3.05, 3.63) is 48.0 Å². The second kappa shape index (κ2) is 6.38. The lowest BCUT2D eigenvalue weighted by molar-refractivity contribution is 0.446. The molecule has 0 amide bonds. The third-order valence-corrected chi connectivity index (χ3v) is 4.33. The molecule has 2 rings (SSSR count). The predicted octanol–water partition coefficient (Wildman–Crippen LogP) is 5.44. The largest absolute Gasteiger partial charge is 0.0925 e. The van der Waals surface area contributed by atoms with Gasteiger partial charge in [-0.15, -0.1) is 0 Å². The van der Waals surface area contributed by atoms with E-state index >= 15 is 0 Å². The molecule has 96 valence electrons. The summed E-state index contributed by atoms with van der Waals surface area (Å²) in [6, 6.07) is 15.3. The third-order valence-electron chi connectivity index (χ3n) is 3.41. The molecule has 18 heavy (non-hydrogen) atoms. The Bertz CT molecular complexity index is 496. The Hall–Kier alpha value is -0.820. The zero-order valence-electron chi connectivity index (χ0n) is 11.2. The highest BCUT2D eigenvalue weighted by Crippen LogP contribution is 2.25. The quantitative estimate of drug-likeness (QED) is 0.645. The molecule has 0 aliphatic heterocycles. The van der Waals surface area contributed by atoms with E-state index in [-0.39, 0.29) is 0 Å². The van der Waals surface area contributed by atoms with Crippen LogP contribution in [0.5, 0.6) is 0 Å². The lowest BCUT2D eigenvalue weighted by atomic mass is 9.90. The van der Waals surface area contributed by atoms with Crippen molar-refractivity contribution >= 4 is 26.7 Å². The van der Waals surface area contributed by atoms with Crippen molar-refractivity contribution < 1.29 is 0 Å². The van der Waals surface area contributed by atoms with E-state index in [0.717, 1.165) is 17.2 Å². The minimum absolute atomic E-state index is 0.732. The summed E-state index contributed by atoms with van der Waals surface area (Å²) < 4.78 is 0. The molecular weight excluding hydrogens is 284 g/mol. The van der Waals surface area contributed by atoms with Gasteiger partial charge in [-0.2, -0.15) is 0 Å². The van der Waals surface area contributed by atoms with Crippen LogP contribution in [0.4, 0.5) is 0 Å². The summed E-state index contributed by atoms with van der Waals surface area (Å²) in [6.45, 7) is 4.61. The third kappa shape index (κ3) is 3.35. The Kier molecular flexibility index (Phi) is 4.82. The van der Waals surface area contributed by atoms with Crippen LogP contribution in [0.2, 0.25) is 0 Å². The van der Waals surface area contributed by atoms with E-state index in [4.69, 9.17) is 0 Å². The summed E-state index contributed by atoms with van der Waals surface area (Å²) in [5.74, 6) is 1.50. The summed E-state index contributed by atoms with van der Waals surface area (Å²) in [5.41, 5.74) is 1.48. The van der Waals surface area contributed by atoms with Gasteiger partial charge in [-0.25, -0.2) is 0 Å². The van der Waals surface area contributed by atoms with Gasteiger partial charge in [0.05, 0.1) is 0 Å². The van der Waals surface area contributed by atoms with Gasteiger partial charge in [0, 0.05) is 5.33 Å². The molecule has 0 bridgehead atoms. The first-order chi connectivity index (χ1) is 8.70. The molecule has 0 heterocycles. The van der Waals surface area contributed by atoms with Crippen molar-refractivity contribution in [2.45, 2.75) is 26.7 Å². The molecule has 0 aliphatic rings. The van der Waals surface area contributed by atoms with Gasteiger partial charge in [-0.1, -0.05) is 72.2 Å². The van der Waals surface area contributed by atoms with E-state index in [2.05, 4.69) is 72.2 Å². The number of benzene rings is 2. The van der Waals surface area contributed by atoms with Crippen molar-refractivity contribution in [1.82, 2.24) is 0 Å². The fourth-order valence-electron chi connectivity index (χ4n) is 2.65. The molecule has 1 heteroatoms. The van der Waals surface area contributed by atoms with Crippen LogP contribution in [0.25, 0.3) is 10.8 Å². The monoisotopic (exact) mass is 304 g/mol. The van der Waals surface area contributed by atoms with Crippen molar-refractivity contribution in [2.24, 2.45) is 11.8 Å². The van der Waals surface area contributed by atoms with E-state index in [9.17, 15) is 0 Å². The fourth-order valence-corrected chi connectivity index (χ4v) is 3.14. The standard InChI is InChI=1S/C17H21Br/c1-13(2)10-14(12-18)11-16-8-5-7-15-6-3-4-9-17(15)16/h3-9,13-14H,10-12H2,1-2H3. The number of halogens is 1. The second-order valence-corrected chi connectivity index (χ2v) is 6.14. The van der Waals surface area contributed by atoms with Gasteiger partial charge in [0.1, 0.15) is 0 Å². The highest BCUT2D eigenvalue weighted by molar-refractivity contribution is 9.09. The summed E-state index contributed by atoms with van der Waals surface area (Å²) in [5, 5.41) is 3.86. The van der Waals surface area contributed by atoms with Crippen LogP contribution >= 0.6 is 15.9 Å². The van der Waals surface area contributed by atoms with Crippen LogP contribution < -0.4 is 0 Å². The number of hydrogen-bond donors (Lipinski definition) is 0. The summed E-state index contributed by atoms with van der Waals surface area (Å²) in [6.07, 6.45) is 2.46. The van der Waals surface area contributed by atoms with Crippen LogP contribution in [0.3, 0.4) is 0 Å². The molecule has 1 atom stereocenters. The smallest absolute Gasteiger partial charge is 0.00629 e. The Labute approximate surface area is 119 Å². The van der Waals surface area contributed by atoms with E-state index in [1.807, 2.05) is 0 Å². The molecule has 0 saturated carbocycles. The Balaban J connectivity index is 2.25. The maximum atomic E-state index is 3.67. The summed E-state index contributed by atoms with van der Waals surface area (Å²) in [4.78, 5) is 0. The average molecular weight is 305 g/mol. The van der Waals surface area contributed by atoms with Gasteiger partial charge < -0.3 is 0 Å². The zero-order chi connectivity index (χ0) is 13.0. The molecule has 0 radical (unpaired) electrons. The van der Waals surface area contributed by atoms with Crippen molar-refractivity contribution in [1.29, 1.82) is 0 Å². The summed E-state index contributed by atoms with van der Waals surface area (Å²) in [7, 11) is 0. The van der Waals surface area contributed by atoms with Crippen LogP contribution in [0.1, 0.15) is 25.8 Å². The maximum absolute atomic E-state index is 3.67. The van der Waals surface area contributed by atoms with Crippen LogP contribution in [0.15, 0.2) is 42.5 Å². The SMILES string of the molecule is CC(C)CC(CBr)Cc1cccc2ccccc12. The normalized spacial score (nSPS) is 13.1. The molecule has 0 spiro atoms. The molecule has 1 unspecified atom stereocenters. The van der Waals surface area contributed by atoms with Gasteiger partial charge in [0.15, 0.2) is 0 Å². The second-order valence-electron chi connectivity index (χ2n) is 5.49. The summed E-state index contributed by atoms with van der Waals surface area (Å²) >= 11 is 3.67. The highest BCUT2D eigenvalue weighted by atomic mass is 79.9. The van der Waals surface area contributed by atoms with Gasteiger partial charge in [-0.3, -0.25) is 0 Å². The first-order valence-corrected chi connectivity index (χ1v) is 7.85. The minimum atomic E-state index is 0.732. The number of alkyl halides is 1. The molecule has 0 fully saturated rings. The molecule has 0 nitrogen and oxygen atoms in total. The van der Waals surface area contributed by atoms with Crippen LogP contribution in [-0.4, -0.2) is 5.33 Å². The average Bonchev–Trinajstić information content (AvgIpc) is 2.38. The molecule has 0 saturated heterocycles. The van der Waals surface area contributed by atoms with Crippen molar-refractivity contribution in [2.75, 3.05) is 5.33 Å². The molecular formula is C17H21Br. The first kappa shape index (κ1) is 13.6. The predicted molar refractivity (Wildman–Crippen MR) is 84.4 cm³/mol. The topological polar surface area (TPSA) is 0 Å². The first-order valence-electron chi connectivity index (χ1n) is 6.73. The Morgan fingerprint density at radius 2 is 1.72 bits per heavy atom. The van der Waals surface area contributed by atoms with E-state index in [0.29, 0.717) is 0 Å². The van der Waals surface area contributed by atoms with Gasteiger partial charge in [-0.05, 0) is 41.0 Å². The molecule has 0 aromatic heterocycles. The number of rotatable bonds is 5. The zero-order valence-corrected chi connectivity index (χ0v) is 12.8. The fraction of sp³-hybridized carbons (Fsp3) is 0.412. The Morgan fingerprint density at radius 3 is 2.44 bits per heavy atom. The lowest BCUT2D eigenvalue weighted by Crippen LogP contribution is -2.09. The molecule has 2 aromatic carbocycles. The van der Waals surface area contributed by atoms with Gasteiger partial charge in [0.2, 0.25) is 0 Å². The van der Waals surface area contributed by atoms with E-state index in [1.165, 1.54) is 29.2 Å². The van der Waals surface area contributed by atoms with Crippen LogP contribution in [0, 0.1) is 11.8 Å². The van der Waals surface area contributed by atoms with Crippen molar-refractivity contribution in [3.63, 3.8) is 0 Å². The van der Waals surface area contributed by atoms with Crippen molar-refractivity contribution in [3.8, 4) is 0 Å². The Morgan fingerprint density at radius 1 is 1.00 bits per heavy atom. The minimum Gasteiger partial charge on any atom is -0.0925 e. The maximum Gasteiger partial charge on any atom is 0.00629 e. The number of fused-ring (bicyclic) bond motifs is 1.